The molecule has 1 N–H and O–H groups in total. The van der Waals surface area contributed by atoms with Crippen molar-refractivity contribution in [2.45, 2.75) is 13.5 Å². The number of benzene rings is 2. The van der Waals surface area contributed by atoms with Crippen molar-refractivity contribution in [2.75, 3.05) is 27.3 Å². The van der Waals surface area contributed by atoms with Gasteiger partial charge in [-0.1, -0.05) is 23.7 Å². The summed E-state index contributed by atoms with van der Waals surface area (Å²) in [5, 5.41) is 2.95. The topological polar surface area (TPSA) is 67.9 Å². The lowest BCUT2D eigenvalue weighted by Gasteiger charge is -2.21. The van der Waals surface area contributed by atoms with Crippen LogP contribution in [0.1, 0.15) is 22.8 Å². The van der Waals surface area contributed by atoms with Crippen LogP contribution >= 0.6 is 11.6 Å². The summed E-state index contributed by atoms with van der Waals surface area (Å²) < 4.78 is 23.3. The maximum Gasteiger partial charge on any atom is 0.254 e. The van der Waals surface area contributed by atoms with Gasteiger partial charge in [0.1, 0.15) is 5.82 Å². The number of halogens is 2. The number of likely N-dealkylation sites (N-methyl/N-ethyl adjacent to an activating group) is 1. The second kappa shape index (κ2) is 9.94. The zero-order valence-electron chi connectivity index (χ0n) is 15.9. The molecule has 0 heterocycles. The Morgan fingerprint density at radius 3 is 2.39 bits per heavy atom. The monoisotopic (exact) mass is 408 g/mol. The van der Waals surface area contributed by atoms with Gasteiger partial charge in [-0.05, 0) is 36.8 Å². The van der Waals surface area contributed by atoms with Gasteiger partial charge in [-0.15, -0.1) is 0 Å². The van der Waals surface area contributed by atoms with E-state index < -0.39 is 0 Å². The van der Waals surface area contributed by atoms with Crippen molar-refractivity contribution < 1.29 is 23.5 Å². The lowest BCUT2D eigenvalue weighted by atomic mass is 10.1. The molecule has 0 aromatic heterocycles. The summed E-state index contributed by atoms with van der Waals surface area (Å²) in [5.41, 5.74) is 1.05. The quantitative estimate of drug-likeness (QED) is 0.728. The van der Waals surface area contributed by atoms with E-state index >= 15 is 0 Å². The standard InChI is InChI=1S/C20H22ClFN2O4/c1-4-24(12-18(25)23-11-13-5-7-15(22)8-6-13)20(26)14-9-16(21)19(28-3)17(10-14)27-2/h5-10H,4,11-12H2,1-3H3,(H,23,25). The first-order valence-corrected chi connectivity index (χ1v) is 8.99. The maximum absolute atomic E-state index is 12.9. The first-order chi connectivity index (χ1) is 13.4. The fourth-order valence-electron chi connectivity index (χ4n) is 2.58. The molecule has 0 spiro atoms. The molecule has 2 aromatic carbocycles. The van der Waals surface area contributed by atoms with E-state index in [0.717, 1.165) is 5.56 Å². The van der Waals surface area contributed by atoms with Crippen LogP contribution in [0, 0.1) is 5.82 Å². The summed E-state index contributed by atoms with van der Waals surface area (Å²) in [7, 11) is 2.90. The van der Waals surface area contributed by atoms with Gasteiger partial charge in [0.05, 0.1) is 25.8 Å². The molecule has 6 nitrogen and oxygen atoms in total. The molecule has 0 atom stereocenters. The van der Waals surface area contributed by atoms with Gasteiger partial charge >= 0.3 is 0 Å². The second-order valence-corrected chi connectivity index (χ2v) is 6.32. The fraction of sp³-hybridized carbons (Fsp3) is 0.300. The van der Waals surface area contributed by atoms with E-state index in [2.05, 4.69) is 5.32 Å². The molecule has 0 bridgehead atoms. The average molecular weight is 409 g/mol. The first-order valence-electron chi connectivity index (χ1n) is 8.61. The number of ether oxygens (including phenoxy) is 2. The summed E-state index contributed by atoms with van der Waals surface area (Å²) in [6, 6.07) is 8.82. The normalized spacial score (nSPS) is 10.3. The molecule has 8 heteroatoms. The molecule has 0 radical (unpaired) electrons. The number of carbonyl (C=O) groups is 2. The molecule has 2 aromatic rings. The van der Waals surface area contributed by atoms with Crippen LogP contribution in [0.25, 0.3) is 0 Å². The Morgan fingerprint density at radius 1 is 1.14 bits per heavy atom. The highest BCUT2D eigenvalue weighted by Crippen LogP contribution is 2.36. The zero-order chi connectivity index (χ0) is 20.7. The molecule has 0 saturated heterocycles. The minimum Gasteiger partial charge on any atom is -0.493 e. The molecule has 2 rings (SSSR count). The Hall–Kier alpha value is -2.80. The second-order valence-electron chi connectivity index (χ2n) is 5.92. The third-order valence-corrected chi connectivity index (χ3v) is 4.37. The number of methoxy groups -OCH3 is 2. The third-order valence-electron chi connectivity index (χ3n) is 4.09. The molecule has 150 valence electrons. The SMILES string of the molecule is CCN(CC(=O)NCc1ccc(F)cc1)C(=O)c1cc(Cl)c(OC)c(OC)c1. The number of nitrogens with zero attached hydrogens (tertiary/aromatic N) is 1. The largest absolute Gasteiger partial charge is 0.493 e. The Kier molecular flexibility index (Phi) is 7.63. The lowest BCUT2D eigenvalue weighted by Crippen LogP contribution is -2.40. The summed E-state index contributed by atoms with van der Waals surface area (Å²) in [4.78, 5) is 26.4. The van der Waals surface area contributed by atoms with Crippen LogP contribution in [0.4, 0.5) is 4.39 Å². The van der Waals surface area contributed by atoms with E-state index in [9.17, 15) is 14.0 Å². The molecule has 0 aliphatic carbocycles. The van der Waals surface area contributed by atoms with Crippen molar-refractivity contribution in [2.24, 2.45) is 0 Å². The number of amides is 2. The van der Waals surface area contributed by atoms with Gasteiger partial charge in [-0.2, -0.15) is 0 Å². The van der Waals surface area contributed by atoms with Gasteiger partial charge < -0.3 is 19.7 Å². The van der Waals surface area contributed by atoms with Crippen LogP contribution in [0.15, 0.2) is 36.4 Å². The Morgan fingerprint density at radius 2 is 1.82 bits per heavy atom. The summed E-state index contributed by atoms with van der Waals surface area (Å²) in [6.07, 6.45) is 0. The van der Waals surface area contributed by atoms with Crippen molar-refractivity contribution in [3.8, 4) is 11.5 Å². The van der Waals surface area contributed by atoms with E-state index in [0.29, 0.717) is 18.0 Å². The number of carbonyl (C=O) groups excluding carboxylic acids is 2. The molecule has 0 aliphatic rings. The van der Waals surface area contributed by atoms with E-state index in [1.54, 1.807) is 19.1 Å². The van der Waals surface area contributed by atoms with Crippen LogP contribution in [0.3, 0.4) is 0 Å². The molecule has 0 unspecified atom stereocenters. The molecular weight excluding hydrogens is 387 g/mol. The highest BCUT2D eigenvalue weighted by molar-refractivity contribution is 6.32. The smallest absolute Gasteiger partial charge is 0.254 e. The Balaban J connectivity index is 2.05. The van der Waals surface area contributed by atoms with Crippen molar-refractivity contribution in [3.63, 3.8) is 0 Å². The van der Waals surface area contributed by atoms with Crippen molar-refractivity contribution in [1.29, 1.82) is 0 Å². The van der Waals surface area contributed by atoms with Gasteiger partial charge in [-0.3, -0.25) is 9.59 Å². The predicted octanol–water partition coefficient (Wildman–Crippen LogP) is 3.27. The third kappa shape index (κ3) is 5.36. The van der Waals surface area contributed by atoms with Gasteiger partial charge in [0, 0.05) is 18.7 Å². The first kappa shape index (κ1) is 21.5. The predicted molar refractivity (Wildman–Crippen MR) is 104 cm³/mol. The summed E-state index contributed by atoms with van der Waals surface area (Å²) in [6.45, 7) is 2.22. The molecule has 0 fully saturated rings. The van der Waals surface area contributed by atoms with E-state index in [1.807, 2.05) is 0 Å². The number of hydrogen-bond donors (Lipinski definition) is 1. The van der Waals surface area contributed by atoms with Crippen molar-refractivity contribution in [1.82, 2.24) is 10.2 Å². The number of hydrogen-bond acceptors (Lipinski definition) is 4. The van der Waals surface area contributed by atoms with E-state index in [4.69, 9.17) is 21.1 Å². The fourth-order valence-corrected chi connectivity index (χ4v) is 2.87. The van der Waals surface area contributed by atoms with Crippen LogP contribution in [-0.4, -0.2) is 44.0 Å². The minimum absolute atomic E-state index is 0.123. The number of rotatable bonds is 8. The van der Waals surface area contributed by atoms with E-state index in [-0.39, 0.29) is 41.3 Å². The lowest BCUT2D eigenvalue weighted by molar-refractivity contribution is -0.121. The van der Waals surface area contributed by atoms with Crippen LogP contribution in [0.5, 0.6) is 11.5 Å². The van der Waals surface area contributed by atoms with Crippen LogP contribution in [0.2, 0.25) is 5.02 Å². The molecule has 2 amide bonds. The van der Waals surface area contributed by atoms with Crippen molar-refractivity contribution >= 4 is 23.4 Å². The molecular formula is C20H22ClFN2O4. The number of nitrogens with one attached hydrogen (secondary N) is 1. The van der Waals surface area contributed by atoms with Gasteiger partial charge in [-0.25, -0.2) is 4.39 Å². The van der Waals surface area contributed by atoms with Gasteiger partial charge in [0.25, 0.3) is 5.91 Å². The summed E-state index contributed by atoms with van der Waals surface area (Å²) >= 11 is 6.16. The Bertz CT molecular complexity index is 843. The molecule has 0 saturated carbocycles. The minimum atomic E-state index is -0.359. The van der Waals surface area contributed by atoms with Gasteiger partial charge in [0.2, 0.25) is 5.91 Å². The molecule has 0 aliphatic heterocycles. The van der Waals surface area contributed by atoms with Crippen molar-refractivity contribution in [3.05, 3.63) is 58.4 Å². The highest BCUT2D eigenvalue weighted by atomic mass is 35.5. The van der Waals surface area contributed by atoms with Gasteiger partial charge in [0.15, 0.2) is 11.5 Å². The molecule has 28 heavy (non-hydrogen) atoms. The summed E-state index contributed by atoms with van der Waals surface area (Å²) in [5.74, 6) is -0.365. The average Bonchev–Trinajstić information content (AvgIpc) is 2.70. The van der Waals surface area contributed by atoms with E-state index in [1.165, 1.54) is 43.4 Å². The Labute approximate surface area is 168 Å². The van der Waals surface area contributed by atoms with Crippen LogP contribution < -0.4 is 14.8 Å². The van der Waals surface area contributed by atoms with Crippen LogP contribution in [-0.2, 0) is 11.3 Å². The zero-order valence-corrected chi connectivity index (χ0v) is 16.7. The maximum atomic E-state index is 12.9. The highest BCUT2D eigenvalue weighted by Gasteiger charge is 2.21.